The highest BCUT2D eigenvalue weighted by Gasteiger charge is 2.37. The molecule has 0 bridgehead atoms. The van der Waals surface area contributed by atoms with E-state index >= 15 is 0 Å². The van der Waals surface area contributed by atoms with Crippen LogP contribution in [0, 0.1) is 5.92 Å². The van der Waals surface area contributed by atoms with Crippen molar-refractivity contribution < 1.29 is 4.79 Å². The molecule has 1 atom stereocenters. The van der Waals surface area contributed by atoms with Crippen LogP contribution in [0.2, 0.25) is 0 Å². The average Bonchev–Trinajstić information content (AvgIpc) is 3.23. The molecule has 1 aliphatic heterocycles. The van der Waals surface area contributed by atoms with Crippen molar-refractivity contribution in [1.82, 2.24) is 10.2 Å². The molecule has 1 fully saturated rings. The van der Waals surface area contributed by atoms with Crippen LogP contribution in [-0.4, -0.2) is 36.5 Å². The zero-order valence-electron chi connectivity index (χ0n) is 16.8. The molecular formula is C24H32N2O. The molecule has 1 heterocycles. The first kappa shape index (κ1) is 19.6. The molecule has 144 valence electrons. The first-order chi connectivity index (χ1) is 13.0. The van der Waals surface area contributed by atoms with Crippen LogP contribution in [0.4, 0.5) is 0 Å². The largest absolute Gasteiger partial charge is 0.353 e. The number of nitrogens with one attached hydrogen (secondary N) is 1. The van der Waals surface area contributed by atoms with E-state index in [4.69, 9.17) is 0 Å². The number of carbonyl (C=O) groups is 1. The number of likely N-dealkylation sites (tertiary alicyclic amines) is 1. The first-order valence-electron chi connectivity index (χ1n) is 10.2. The van der Waals surface area contributed by atoms with Crippen LogP contribution < -0.4 is 5.32 Å². The van der Waals surface area contributed by atoms with Crippen LogP contribution >= 0.6 is 0 Å². The summed E-state index contributed by atoms with van der Waals surface area (Å²) in [7, 11) is 0. The second kappa shape index (κ2) is 8.71. The maximum absolute atomic E-state index is 13.5. The molecule has 3 nitrogen and oxygen atoms in total. The molecule has 1 unspecified atom stereocenters. The second-order valence-electron chi connectivity index (χ2n) is 8.12. The minimum Gasteiger partial charge on any atom is -0.353 e. The van der Waals surface area contributed by atoms with Crippen LogP contribution in [-0.2, 0) is 10.2 Å². The van der Waals surface area contributed by atoms with Crippen LogP contribution in [0.15, 0.2) is 60.7 Å². The van der Waals surface area contributed by atoms with Gasteiger partial charge in [-0.25, -0.2) is 0 Å². The molecule has 3 rings (SSSR count). The number of carbonyl (C=O) groups excluding carboxylic acids is 1. The highest BCUT2D eigenvalue weighted by Crippen LogP contribution is 2.32. The van der Waals surface area contributed by atoms with Gasteiger partial charge in [-0.1, -0.05) is 74.5 Å². The Morgan fingerprint density at radius 3 is 1.89 bits per heavy atom. The van der Waals surface area contributed by atoms with Crippen molar-refractivity contribution in [3.63, 3.8) is 0 Å². The highest BCUT2D eigenvalue weighted by atomic mass is 16.2. The molecule has 0 aromatic heterocycles. The van der Waals surface area contributed by atoms with Crippen LogP contribution in [0.25, 0.3) is 0 Å². The Bertz CT molecular complexity index is 681. The third kappa shape index (κ3) is 4.24. The van der Waals surface area contributed by atoms with E-state index in [0.717, 1.165) is 24.2 Å². The second-order valence-corrected chi connectivity index (χ2v) is 8.12. The van der Waals surface area contributed by atoms with Gasteiger partial charge in [0.1, 0.15) is 0 Å². The molecule has 0 radical (unpaired) electrons. The van der Waals surface area contributed by atoms with E-state index in [1.54, 1.807) is 0 Å². The van der Waals surface area contributed by atoms with Crippen molar-refractivity contribution in [3.05, 3.63) is 71.8 Å². The number of hydrogen-bond donors (Lipinski definition) is 1. The van der Waals surface area contributed by atoms with Gasteiger partial charge in [-0.15, -0.1) is 0 Å². The molecule has 3 heteroatoms. The van der Waals surface area contributed by atoms with Gasteiger partial charge in [0, 0.05) is 12.6 Å². The van der Waals surface area contributed by atoms with Gasteiger partial charge in [-0.2, -0.15) is 0 Å². The summed E-state index contributed by atoms with van der Waals surface area (Å²) in [5, 5.41) is 3.30. The number of nitrogens with zero attached hydrogens (tertiary/aromatic N) is 1. The summed E-state index contributed by atoms with van der Waals surface area (Å²) >= 11 is 0. The summed E-state index contributed by atoms with van der Waals surface area (Å²) in [6.45, 7) is 9.53. The van der Waals surface area contributed by atoms with Gasteiger partial charge < -0.3 is 5.32 Å². The maximum Gasteiger partial charge on any atom is 0.234 e. The summed E-state index contributed by atoms with van der Waals surface area (Å²) in [4.78, 5) is 16.0. The highest BCUT2D eigenvalue weighted by molar-refractivity contribution is 5.91. The van der Waals surface area contributed by atoms with Crippen molar-refractivity contribution >= 4 is 5.91 Å². The normalized spacial score (nSPS) is 16.4. The Labute approximate surface area is 163 Å². The fourth-order valence-electron chi connectivity index (χ4n) is 4.21. The number of rotatable bonds is 7. The van der Waals surface area contributed by atoms with Crippen molar-refractivity contribution in [2.24, 2.45) is 5.92 Å². The van der Waals surface area contributed by atoms with Gasteiger partial charge in [0.25, 0.3) is 0 Å². The summed E-state index contributed by atoms with van der Waals surface area (Å²) in [5.41, 5.74) is 1.35. The molecule has 1 saturated heterocycles. The van der Waals surface area contributed by atoms with Crippen LogP contribution in [0.3, 0.4) is 0 Å². The predicted molar refractivity (Wildman–Crippen MR) is 112 cm³/mol. The zero-order chi connectivity index (χ0) is 19.3. The lowest BCUT2D eigenvalue weighted by Gasteiger charge is -2.34. The van der Waals surface area contributed by atoms with E-state index < -0.39 is 5.41 Å². The molecule has 2 aromatic rings. The standard InChI is InChI=1S/C24H32N2O/c1-19(2)22(26-16-10-11-17-26)18-25-23(27)24(3,20-12-6-4-7-13-20)21-14-8-5-9-15-21/h4-9,12-15,19,22H,10-11,16-18H2,1-3H3,(H,25,27). The van der Waals surface area contributed by atoms with E-state index in [0.29, 0.717) is 18.5 Å². The lowest BCUT2D eigenvalue weighted by Crippen LogP contribution is -2.50. The van der Waals surface area contributed by atoms with Crippen molar-refractivity contribution in [3.8, 4) is 0 Å². The smallest absolute Gasteiger partial charge is 0.234 e. The SMILES string of the molecule is CC(C)C(CNC(=O)C(C)(c1ccccc1)c1ccccc1)N1CCCC1. The molecule has 1 amide bonds. The third-order valence-corrected chi connectivity index (χ3v) is 6.01. The van der Waals surface area contributed by atoms with Gasteiger partial charge >= 0.3 is 0 Å². The van der Waals surface area contributed by atoms with Gasteiger partial charge in [0.15, 0.2) is 0 Å². The molecule has 2 aromatic carbocycles. The summed E-state index contributed by atoms with van der Waals surface area (Å²) in [5.74, 6) is 0.591. The lowest BCUT2D eigenvalue weighted by atomic mass is 9.75. The molecular weight excluding hydrogens is 332 g/mol. The Kier molecular flexibility index (Phi) is 6.33. The minimum absolute atomic E-state index is 0.0738. The summed E-state index contributed by atoms with van der Waals surface area (Å²) < 4.78 is 0. The molecule has 0 spiro atoms. The van der Waals surface area contributed by atoms with Crippen molar-refractivity contribution in [1.29, 1.82) is 0 Å². The topological polar surface area (TPSA) is 32.3 Å². The fourth-order valence-corrected chi connectivity index (χ4v) is 4.21. The van der Waals surface area contributed by atoms with E-state index in [9.17, 15) is 4.79 Å². The number of amides is 1. The fraction of sp³-hybridized carbons (Fsp3) is 0.458. The molecule has 0 saturated carbocycles. The summed E-state index contributed by atoms with van der Waals surface area (Å²) in [6, 6.07) is 20.6. The van der Waals surface area contributed by atoms with Gasteiger partial charge in [0.05, 0.1) is 5.41 Å². The summed E-state index contributed by atoms with van der Waals surface area (Å²) in [6.07, 6.45) is 2.53. The first-order valence-corrected chi connectivity index (χ1v) is 10.2. The lowest BCUT2D eigenvalue weighted by molar-refractivity contribution is -0.125. The Balaban J connectivity index is 1.83. The van der Waals surface area contributed by atoms with E-state index in [1.807, 2.05) is 67.6 Å². The predicted octanol–water partition coefficient (Wildman–Crippen LogP) is 4.23. The molecule has 1 N–H and O–H groups in total. The Hall–Kier alpha value is -2.13. The van der Waals surface area contributed by atoms with Crippen LogP contribution in [0.5, 0.6) is 0 Å². The molecule has 27 heavy (non-hydrogen) atoms. The Morgan fingerprint density at radius 2 is 1.44 bits per heavy atom. The Morgan fingerprint density at radius 1 is 0.963 bits per heavy atom. The van der Waals surface area contributed by atoms with Crippen LogP contribution in [0.1, 0.15) is 44.7 Å². The van der Waals surface area contributed by atoms with Gasteiger partial charge in [0.2, 0.25) is 5.91 Å². The zero-order valence-corrected chi connectivity index (χ0v) is 16.8. The monoisotopic (exact) mass is 364 g/mol. The quantitative estimate of drug-likeness (QED) is 0.797. The number of hydrogen-bond acceptors (Lipinski definition) is 2. The molecule has 0 aliphatic carbocycles. The van der Waals surface area contributed by atoms with Gasteiger partial charge in [-0.3, -0.25) is 9.69 Å². The van der Waals surface area contributed by atoms with E-state index in [2.05, 4.69) is 24.1 Å². The van der Waals surface area contributed by atoms with Crippen molar-refractivity contribution in [2.75, 3.05) is 19.6 Å². The molecule has 1 aliphatic rings. The van der Waals surface area contributed by atoms with E-state index in [1.165, 1.54) is 12.8 Å². The van der Waals surface area contributed by atoms with E-state index in [-0.39, 0.29) is 5.91 Å². The van der Waals surface area contributed by atoms with Crippen molar-refractivity contribution in [2.45, 2.75) is 45.1 Å². The average molecular weight is 365 g/mol. The maximum atomic E-state index is 13.5. The van der Waals surface area contributed by atoms with Gasteiger partial charge in [-0.05, 0) is 49.9 Å². The number of benzene rings is 2. The minimum atomic E-state index is -0.699. The third-order valence-electron chi connectivity index (χ3n) is 6.01.